The minimum atomic E-state index is -0.237. The van der Waals surface area contributed by atoms with Crippen molar-refractivity contribution < 1.29 is 13.6 Å². The molecule has 29 heavy (non-hydrogen) atoms. The highest BCUT2D eigenvalue weighted by molar-refractivity contribution is 5.99. The molecule has 0 radical (unpaired) electrons. The van der Waals surface area contributed by atoms with Gasteiger partial charge in [0.05, 0.1) is 6.54 Å². The fourth-order valence-corrected chi connectivity index (χ4v) is 3.62. The van der Waals surface area contributed by atoms with Gasteiger partial charge in [0, 0.05) is 28.7 Å². The molecule has 2 heterocycles. The van der Waals surface area contributed by atoms with Crippen LogP contribution >= 0.6 is 0 Å². The van der Waals surface area contributed by atoms with E-state index >= 15 is 0 Å². The monoisotopic (exact) mass is 390 g/mol. The summed E-state index contributed by atoms with van der Waals surface area (Å²) in [5.74, 6) is 1.18. The molecule has 0 atom stereocenters. The van der Waals surface area contributed by atoms with E-state index in [9.17, 15) is 9.18 Å². The summed E-state index contributed by atoms with van der Waals surface area (Å²) >= 11 is 0. The molecule has 0 aliphatic carbocycles. The van der Waals surface area contributed by atoms with Gasteiger partial charge in [-0.25, -0.2) is 4.39 Å². The minimum Gasteiger partial charge on any atom is -0.465 e. The first-order valence-corrected chi connectivity index (χ1v) is 9.60. The van der Waals surface area contributed by atoms with Gasteiger partial charge in [-0.1, -0.05) is 12.1 Å². The molecule has 4 rings (SSSR count). The van der Waals surface area contributed by atoms with E-state index in [1.54, 1.807) is 12.1 Å². The van der Waals surface area contributed by atoms with E-state index in [0.717, 1.165) is 39.2 Å². The van der Waals surface area contributed by atoms with Crippen LogP contribution in [0.5, 0.6) is 0 Å². The van der Waals surface area contributed by atoms with Crippen molar-refractivity contribution in [3.05, 3.63) is 94.3 Å². The molecule has 2 aromatic carbocycles. The molecule has 148 valence electrons. The van der Waals surface area contributed by atoms with Gasteiger partial charge in [0.1, 0.15) is 17.3 Å². The Balaban J connectivity index is 1.59. The predicted molar refractivity (Wildman–Crippen MR) is 112 cm³/mol. The number of aryl methyl sites for hydroxylation is 2. The lowest BCUT2D eigenvalue weighted by molar-refractivity contribution is 0.0948. The molecule has 1 N–H and O–H groups in total. The number of furan rings is 1. The van der Waals surface area contributed by atoms with Crippen molar-refractivity contribution in [2.45, 2.75) is 33.9 Å². The largest absolute Gasteiger partial charge is 0.465 e. The van der Waals surface area contributed by atoms with Crippen LogP contribution in [0.1, 0.15) is 38.7 Å². The molecule has 4 nitrogen and oxygen atoms in total. The van der Waals surface area contributed by atoms with E-state index in [-0.39, 0.29) is 11.7 Å². The maximum absolute atomic E-state index is 13.2. The van der Waals surface area contributed by atoms with E-state index in [1.165, 1.54) is 12.1 Å². The second kappa shape index (κ2) is 7.59. The Labute approximate surface area is 169 Å². The fourth-order valence-electron chi connectivity index (χ4n) is 3.62. The summed E-state index contributed by atoms with van der Waals surface area (Å²) in [6.45, 7) is 7.01. The minimum absolute atomic E-state index is 0.135. The summed E-state index contributed by atoms with van der Waals surface area (Å²) in [5.41, 5.74) is 4.97. The Morgan fingerprint density at radius 1 is 1.03 bits per heavy atom. The van der Waals surface area contributed by atoms with Gasteiger partial charge in [-0.15, -0.1) is 0 Å². The summed E-state index contributed by atoms with van der Waals surface area (Å²) in [5, 5.41) is 3.95. The summed E-state index contributed by atoms with van der Waals surface area (Å²) in [7, 11) is 0. The molecule has 0 saturated heterocycles. The highest BCUT2D eigenvalue weighted by Crippen LogP contribution is 2.27. The van der Waals surface area contributed by atoms with Gasteiger partial charge in [-0.3, -0.25) is 4.79 Å². The van der Waals surface area contributed by atoms with Gasteiger partial charge in [-0.05, 0) is 74.4 Å². The molecular weight excluding hydrogens is 367 g/mol. The molecular formula is C24H23FN2O2. The van der Waals surface area contributed by atoms with Crippen molar-refractivity contribution in [2.75, 3.05) is 0 Å². The third-order valence-electron chi connectivity index (χ3n) is 5.37. The Hall–Kier alpha value is -3.34. The third kappa shape index (κ3) is 3.81. The second-order valence-electron chi connectivity index (χ2n) is 7.35. The van der Waals surface area contributed by atoms with Gasteiger partial charge in [0.2, 0.25) is 0 Å². The molecule has 5 heteroatoms. The van der Waals surface area contributed by atoms with E-state index in [4.69, 9.17) is 4.42 Å². The van der Waals surface area contributed by atoms with Crippen LogP contribution in [-0.4, -0.2) is 10.5 Å². The van der Waals surface area contributed by atoms with Crippen LogP contribution in [0.25, 0.3) is 10.9 Å². The van der Waals surface area contributed by atoms with Gasteiger partial charge < -0.3 is 14.3 Å². The number of nitrogens with one attached hydrogen (secondary N) is 1. The van der Waals surface area contributed by atoms with Crippen LogP contribution in [0.3, 0.4) is 0 Å². The number of fused-ring (bicyclic) bond motifs is 1. The lowest BCUT2D eigenvalue weighted by Gasteiger charge is -2.09. The zero-order valence-electron chi connectivity index (χ0n) is 16.8. The summed E-state index contributed by atoms with van der Waals surface area (Å²) in [4.78, 5) is 12.6. The molecule has 0 aliphatic rings. The lowest BCUT2D eigenvalue weighted by Crippen LogP contribution is -2.22. The van der Waals surface area contributed by atoms with Crippen molar-refractivity contribution in [3.8, 4) is 0 Å². The Kier molecular flexibility index (Phi) is 4.97. The van der Waals surface area contributed by atoms with Crippen molar-refractivity contribution in [2.24, 2.45) is 0 Å². The smallest absolute Gasteiger partial charge is 0.251 e. The zero-order valence-corrected chi connectivity index (χ0v) is 16.8. The normalized spacial score (nSPS) is 11.2. The van der Waals surface area contributed by atoms with Crippen LogP contribution in [0, 0.1) is 26.6 Å². The number of rotatable bonds is 5. The number of amides is 1. The van der Waals surface area contributed by atoms with Crippen molar-refractivity contribution in [1.82, 2.24) is 9.88 Å². The van der Waals surface area contributed by atoms with Crippen molar-refractivity contribution in [1.29, 1.82) is 0 Å². The molecule has 2 aromatic heterocycles. The average molecular weight is 390 g/mol. The Morgan fingerprint density at radius 2 is 1.79 bits per heavy atom. The van der Waals surface area contributed by atoms with E-state index in [1.807, 2.05) is 37.3 Å². The van der Waals surface area contributed by atoms with Crippen LogP contribution in [-0.2, 0) is 13.1 Å². The number of hydrogen-bond donors (Lipinski definition) is 1. The molecule has 0 unspecified atom stereocenters. The quantitative estimate of drug-likeness (QED) is 0.504. The van der Waals surface area contributed by atoms with Crippen LogP contribution in [0.4, 0.5) is 4.39 Å². The van der Waals surface area contributed by atoms with Gasteiger partial charge in [-0.2, -0.15) is 0 Å². The number of nitrogens with zero attached hydrogens (tertiary/aromatic N) is 1. The van der Waals surface area contributed by atoms with E-state index in [0.29, 0.717) is 18.7 Å². The molecule has 0 saturated carbocycles. The van der Waals surface area contributed by atoms with Gasteiger partial charge in [0.15, 0.2) is 0 Å². The lowest BCUT2D eigenvalue weighted by atomic mass is 10.1. The van der Waals surface area contributed by atoms with Crippen LogP contribution < -0.4 is 5.32 Å². The number of carbonyl (C=O) groups excluding carboxylic acids is 1. The van der Waals surface area contributed by atoms with E-state index < -0.39 is 0 Å². The topological polar surface area (TPSA) is 47.2 Å². The number of halogens is 1. The number of hydrogen-bond acceptors (Lipinski definition) is 2. The highest BCUT2D eigenvalue weighted by atomic mass is 19.1. The third-order valence-corrected chi connectivity index (χ3v) is 5.37. The van der Waals surface area contributed by atoms with Gasteiger partial charge in [0.25, 0.3) is 5.91 Å². The first-order valence-electron chi connectivity index (χ1n) is 9.60. The van der Waals surface area contributed by atoms with Crippen molar-refractivity contribution >= 4 is 16.8 Å². The molecule has 4 aromatic rings. The maximum Gasteiger partial charge on any atom is 0.251 e. The van der Waals surface area contributed by atoms with Crippen LogP contribution in [0.2, 0.25) is 0 Å². The maximum atomic E-state index is 13.2. The molecule has 0 spiro atoms. The summed E-state index contributed by atoms with van der Waals surface area (Å²) in [6, 6.07) is 16.0. The Morgan fingerprint density at radius 3 is 2.48 bits per heavy atom. The molecule has 0 bridgehead atoms. The summed E-state index contributed by atoms with van der Waals surface area (Å²) in [6.07, 6.45) is 0. The first kappa shape index (κ1) is 19.0. The van der Waals surface area contributed by atoms with Crippen molar-refractivity contribution in [3.63, 3.8) is 0 Å². The number of carbonyl (C=O) groups is 1. The average Bonchev–Trinajstić information content (AvgIpc) is 3.24. The SMILES string of the molecule is Cc1ccc(CNC(=O)c2ccc3c(c2)c(C)c(C)n3Cc2ccc(F)cc2)o1. The number of benzene rings is 2. The molecule has 1 amide bonds. The number of aromatic nitrogens is 1. The standard InChI is InChI=1S/C24H23FN2O2/c1-15-4-10-21(29-15)13-26-24(28)19-7-11-23-22(12-19)16(2)17(3)27(23)14-18-5-8-20(25)9-6-18/h4-12H,13-14H2,1-3H3,(H,26,28). The van der Waals surface area contributed by atoms with E-state index in [2.05, 4.69) is 23.7 Å². The van der Waals surface area contributed by atoms with Gasteiger partial charge >= 0.3 is 0 Å². The fraction of sp³-hybridized carbons (Fsp3) is 0.208. The zero-order chi connectivity index (χ0) is 20.5. The molecule has 0 fully saturated rings. The second-order valence-corrected chi connectivity index (χ2v) is 7.35. The Bertz CT molecular complexity index is 1190. The van der Waals surface area contributed by atoms with Crippen LogP contribution in [0.15, 0.2) is 59.0 Å². The molecule has 0 aliphatic heterocycles. The highest BCUT2D eigenvalue weighted by Gasteiger charge is 2.14. The summed E-state index contributed by atoms with van der Waals surface area (Å²) < 4.78 is 20.9. The predicted octanol–water partition coefficient (Wildman–Crippen LogP) is 5.28. The first-order chi connectivity index (χ1) is 13.9.